The standard InChI is InChI=1S/C15H13ClN2O3/c1-10-12(9-17-21-10)15(20)18-14-8-11(4-2-3-7-19)5-6-13(14)16/h5-6,8-9,19H,3,7H2,1H3,(H,18,20). The van der Waals surface area contributed by atoms with Crippen molar-refractivity contribution in [2.45, 2.75) is 13.3 Å². The van der Waals surface area contributed by atoms with E-state index in [-0.39, 0.29) is 12.5 Å². The Morgan fingerprint density at radius 1 is 1.52 bits per heavy atom. The summed E-state index contributed by atoms with van der Waals surface area (Å²) in [7, 11) is 0. The van der Waals surface area contributed by atoms with E-state index in [9.17, 15) is 4.79 Å². The lowest BCUT2D eigenvalue weighted by Crippen LogP contribution is -2.12. The molecule has 1 aromatic carbocycles. The average Bonchev–Trinajstić information content (AvgIpc) is 2.89. The van der Waals surface area contributed by atoms with Gasteiger partial charge in [-0.15, -0.1) is 0 Å². The molecule has 0 fully saturated rings. The number of anilines is 1. The molecule has 0 bridgehead atoms. The first-order valence-electron chi connectivity index (χ1n) is 6.23. The number of nitrogens with zero attached hydrogens (tertiary/aromatic N) is 1. The smallest absolute Gasteiger partial charge is 0.260 e. The second kappa shape index (κ2) is 6.93. The van der Waals surface area contributed by atoms with Gasteiger partial charge in [0.05, 0.1) is 23.5 Å². The Balaban J connectivity index is 2.20. The number of benzene rings is 1. The van der Waals surface area contributed by atoms with Crippen LogP contribution in [0.1, 0.15) is 28.1 Å². The molecule has 0 spiro atoms. The SMILES string of the molecule is Cc1oncc1C(=O)Nc1cc(C#CCCO)ccc1Cl. The molecule has 2 N–H and O–H groups in total. The Kier molecular flexibility index (Phi) is 4.99. The minimum Gasteiger partial charge on any atom is -0.395 e. The van der Waals surface area contributed by atoms with Crippen molar-refractivity contribution < 1.29 is 14.4 Å². The van der Waals surface area contributed by atoms with Gasteiger partial charge in [0.25, 0.3) is 5.91 Å². The fourth-order valence-electron chi connectivity index (χ4n) is 1.63. The van der Waals surface area contributed by atoms with E-state index < -0.39 is 0 Å². The summed E-state index contributed by atoms with van der Waals surface area (Å²) in [5.41, 5.74) is 1.51. The minimum absolute atomic E-state index is 0.0109. The maximum atomic E-state index is 12.1. The molecule has 1 aromatic heterocycles. The summed E-state index contributed by atoms with van der Waals surface area (Å²) in [5.74, 6) is 5.77. The highest BCUT2D eigenvalue weighted by Gasteiger charge is 2.14. The molecule has 21 heavy (non-hydrogen) atoms. The molecule has 0 saturated heterocycles. The Labute approximate surface area is 126 Å². The van der Waals surface area contributed by atoms with Gasteiger partial charge in [-0.25, -0.2) is 0 Å². The molecule has 0 aliphatic heterocycles. The van der Waals surface area contributed by atoms with E-state index in [0.717, 1.165) is 0 Å². The number of nitrogens with one attached hydrogen (secondary N) is 1. The second-order valence-corrected chi connectivity index (χ2v) is 4.63. The maximum absolute atomic E-state index is 12.1. The number of carbonyl (C=O) groups is 1. The monoisotopic (exact) mass is 304 g/mol. The molecule has 1 heterocycles. The van der Waals surface area contributed by atoms with Crippen LogP contribution in [0, 0.1) is 18.8 Å². The molecular weight excluding hydrogens is 292 g/mol. The zero-order valence-corrected chi connectivity index (χ0v) is 12.1. The molecule has 0 aliphatic carbocycles. The van der Waals surface area contributed by atoms with Gasteiger partial charge in [0.15, 0.2) is 0 Å². The lowest BCUT2D eigenvalue weighted by molar-refractivity contribution is 0.102. The van der Waals surface area contributed by atoms with Gasteiger partial charge in [-0.3, -0.25) is 4.79 Å². The first-order chi connectivity index (χ1) is 10.1. The van der Waals surface area contributed by atoms with E-state index in [0.29, 0.717) is 34.0 Å². The third kappa shape index (κ3) is 3.85. The van der Waals surface area contributed by atoms with Crippen molar-refractivity contribution in [1.29, 1.82) is 0 Å². The van der Waals surface area contributed by atoms with Crippen LogP contribution in [0.4, 0.5) is 5.69 Å². The van der Waals surface area contributed by atoms with Crippen molar-refractivity contribution in [3.8, 4) is 11.8 Å². The van der Waals surface area contributed by atoms with Crippen LogP contribution in [-0.4, -0.2) is 22.8 Å². The molecule has 2 rings (SSSR count). The summed E-state index contributed by atoms with van der Waals surface area (Å²) in [4.78, 5) is 12.1. The van der Waals surface area contributed by atoms with Crippen LogP contribution in [0.3, 0.4) is 0 Å². The molecule has 0 unspecified atom stereocenters. The van der Waals surface area contributed by atoms with Gasteiger partial charge in [-0.1, -0.05) is 28.6 Å². The first-order valence-corrected chi connectivity index (χ1v) is 6.61. The van der Waals surface area contributed by atoms with Gasteiger partial charge in [0.1, 0.15) is 11.3 Å². The summed E-state index contributed by atoms with van der Waals surface area (Å²) in [5, 5.41) is 15.4. The number of aryl methyl sites for hydroxylation is 1. The number of halogens is 1. The fraction of sp³-hybridized carbons (Fsp3) is 0.200. The Bertz CT molecular complexity index is 713. The van der Waals surface area contributed by atoms with E-state index in [2.05, 4.69) is 22.3 Å². The highest BCUT2D eigenvalue weighted by Crippen LogP contribution is 2.23. The molecule has 0 atom stereocenters. The largest absolute Gasteiger partial charge is 0.395 e. The van der Waals surface area contributed by atoms with Crippen LogP contribution in [0.15, 0.2) is 28.9 Å². The van der Waals surface area contributed by atoms with Gasteiger partial charge in [0.2, 0.25) is 0 Å². The summed E-state index contributed by atoms with van der Waals surface area (Å²) in [6.07, 6.45) is 1.74. The molecule has 6 heteroatoms. The third-order valence-corrected chi connectivity index (χ3v) is 3.01. The van der Waals surface area contributed by atoms with Crippen LogP contribution in [0.5, 0.6) is 0 Å². The Morgan fingerprint density at radius 2 is 2.33 bits per heavy atom. The molecule has 2 aromatic rings. The highest BCUT2D eigenvalue weighted by molar-refractivity contribution is 6.34. The van der Waals surface area contributed by atoms with Gasteiger partial charge in [-0.2, -0.15) is 0 Å². The van der Waals surface area contributed by atoms with Crippen LogP contribution in [0.2, 0.25) is 5.02 Å². The van der Waals surface area contributed by atoms with E-state index in [4.69, 9.17) is 21.2 Å². The fourth-order valence-corrected chi connectivity index (χ4v) is 1.79. The normalized spacial score (nSPS) is 9.86. The first kappa shape index (κ1) is 15.1. The summed E-state index contributed by atoms with van der Waals surface area (Å²) in [6, 6.07) is 5.07. The number of hydrogen-bond donors (Lipinski definition) is 2. The third-order valence-electron chi connectivity index (χ3n) is 2.68. The predicted molar refractivity (Wildman–Crippen MR) is 79.2 cm³/mol. The Morgan fingerprint density at radius 3 is 3.00 bits per heavy atom. The van der Waals surface area contributed by atoms with E-state index in [1.165, 1.54) is 6.20 Å². The number of aliphatic hydroxyl groups is 1. The topological polar surface area (TPSA) is 75.4 Å². The quantitative estimate of drug-likeness (QED) is 0.855. The van der Waals surface area contributed by atoms with E-state index >= 15 is 0 Å². The summed E-state index contributed by atoms with van der Waals surface area (Å²) in [6.45, 7) is 1.66. The number of rotatable bonds is 3. The highest BCUT2D eigenvalue weighted by atomic mass is 35.5. The maximum Gasteiger partial charge on any atom is 0.260 e. The van der Waals surface area contributed by atoms with Crippen molar-refractivity contribution in [3.63, 3.8) is 0 Å². The Hall–Kier alpha value is -2.29. The van der Waals surface area contributed by atoms with Crippen molar-refractivity contribution in [1.82, 2.24) is 5.16 Å². The second-order valence-electron chi connectivity index (χ2n) is 4.22. The molecule has 1 amide bonds. The van der Waals surface area contributed by atoms with Crippen LogP contribution in [-0.2, 0) is 0 Å². The number of hydrogen-bond acceptors (Lipinski definition) is 4. The van der Waals surface area contributed by atoms with Gasteiger partial charge in [0, 0.05) is 12.0 Å². The number of aliphatic hydroxyl groups excluding tert-OH is 1. The minimum atomic E-state index is -0.351. The number of carbonyl (C=O) groups excluding carboxylic acids is 1. The van der Waals surface area contributed by atoms with E-state index in [1.54, 1.807) is 25.1 Å². The molecular formula is C15H13ClN2O3. The molecule has 0 aliphatic rings. The van der Waals surface area contributed by atoms with Crippen LogP contribution in [0.25, 0.3) is 0 Å². The van der Waals surface area contributed by atoms with Crippen LogP contribution >= 0.6 is 11.6 Å². The molecule has 0 saturated carbocycles. The van der Waals surface area contributed by atoms with E-state index in [1.807, 2.05) is 0 Å². The van der Waals surface area contributed by atoms with Gasteiger partial charge in [-0.05, 0) is 25.1 Å². The number of amides is 1. The van der Waals surface area contributed by atoms with Crippen molar-refractivity contribution in [2.75, 3.05) is 11.9 Å². The molecule has 0 radical (unpaired) electrons. The lowest BCUT2D eigenvalue weighted by atomic mass is 10.2. The average molecular weight is 305 g/mol. The van der Waals surface area contributed by atoms with Crippen molar-refractivity contribution in [3.05, 3.63) is 46.3 Å². The van der Waals surface area contributed by atoms with Gasteiger partial charge < -0.3 is 14.9 Å². The van der Waals surface area contributed by atoms with Crippen LogP contribution < -0.4 is 5.32 Å². The number of aromatic nitrogens is 1. The van der Waals surface area contributed by atoms with Crippen molar-refractivity contribution >= 4 is 23.2 Å². The molecule has 108 valence electrons. The predicted octanol–water partition coefficient (Wildman–Crippen LogP) is 2.62. The summed E-state index contributed by atoms with van der Waals surface area (Å²) >= 11 is 6.06. The molecule has 5 nitrogen and oxygen atoms in total. The lowest BCUT2D eigenvalue weighted by Gasteiger charge is -2.06. The van der Waals surface area contributed by atoms with Crippen molar-refractivity contribution in [2.24, 2.45) is 0 Å². The zero-order valence-electron chi connectivity index (χ0n) is 11.3. The summed E-state index contributed by atoms with van der Waals surface area (Å²) < 4.78 is 4.85. The zero-order chi connectivity index (χ0) is 15.2. The van der Waals surface area contributed by atoms with Gasteiger partial charge >= 0.3 is 0 Å².